The Balaban J connectivity index is 1.48. The number of nitrogens with zero attached hydrogens (tertiary/aromatic N) is 1. The lowest BCUT2D eigenvalue weighted by Crippen LogP contribution is -2.59. The van der Waals surface area contributed by atoms with E-state index in [0.29, 0.717) is 17.9 Å². The molecule has 0 saturated carbocycles. The number of methoxy groups -OCH3 is 1. The van der Waals surface area contributed by atoms with Crippen molar-refractivity contribution in [2.75, 3.05) is 26.8 Å². The molecule has 126 valence electrons. The minimum Gasteiger partial charge on any atom is -0.497 e. The zero-order chi connectivity index (χ0) is 16.6. The van der Waals surface area contributed by atoms with Gasteiger partial charge in [0, 0.05) is 25.1 Å². The first kappa shape index (κ1) is 15.2. The first-order valence-electron chi connectivity index (χ1n) is 8.02. The summed E-state index contributed by atoms with van der Waals surface area (Å²) in [5.41, 5.74) is 2.05. The van der Waals surface area contributed by atoms with Crippen molar-refractivity contribution in [1.82, 2.24) is 20.8 Å². The van der Waals surface area contributed by atoms with E-state index in [1.54, 1.807) is 13.3 Å². The van der Waals surface area contributed by atoms with Gasteiger partial charge in [0.15, 0.2) is 0 Å². The molecule has 0 aliphatic carbocycles. The lowest BCUT2D eigenvalue weighted by Gasteiger charge is -2.38. The second-order valence-electron chi connectivity index (χ2n) is 6.36. The van der Waals surface area contributed by atoms with Crippen LogP contribution >= 0.6 is 0 Å². The third kappa shape index (κ3) is 2.65. The average Bonchev–Trinajstić information content (AvgIpc) is 3.21. The van der Waals surface area contributed by atoms with Crippen molar-refractivity contribution >= 4 is 5.91 Å². The highest BCUT2D eigenvalue weighted by Gasteiger charge is 2.45. The van der Waals surface area contributed by atoms with E-state index in [9.17, 15) is 4.79 Å². The monoisotopic (exact) mass is 328 g/mol. The van der Waals surface area contributed by atoms with E-state index in [2.05, 4.69) is 20.8 Å². The molecule has 4 rings (SSSR count). The molecule has 24 heavy (non-hydrogen) atoms. The number of rotatable bonds is 4. The topological polar surface area (TPSA) is 88.3 Å². The van der Waals surface area contributed by atoms with Crippen molar-refractivity contribution in [2.45, 2.75) is 18.1 Å². The lowest BCUT2D eigenvalue weighted by atomic mass is 9.92. The van der Waals surface area contributed by atoms with Crippen molar-refractivity contribution < 1.29 is 14.3 Å². The van der Waals surface area contributed by atoms with Gasteiger partial charge in [0.25, 0.3) is 5.91 Å². The van der Waals surface area contributed by atoms with Gasteiger partial charge in [-0.3, -0.25) is 9.89 Å². The molecule has 0 radical (unpaired) electrons. The molecule has 2 aromatic rings. The van der Waals surface area contributed by atoms with Crippen LogP contribution < -0.4 is 15.4 Å². The van der Waals surface area contributed by atoms with E-state index in [-0.39, 0.29) is 17.6 Å². The third-order valence-electron chi connectivity index (χ3n) is 4.70. The number of carbonyl (C=O) groups excluding carboxylic acids is 1. The maximum atomic E-state index is 12.6. The van der Waals surface area contributed by atoms with Crippen LogP contribution in [-0.2, 0) is 4.74 Å². The number of carbonyl (C=O) groups is 1. The van der Waals surface area contributed by atoms with Crippen LogP contribution in [0, 0.1) is 0 Å². The van der Waals surface area contributed by atoms with Crippen molar-refractivity contribution in [3.63, 3.8) is 0 Å². The summed E-state index contributed by atoms with van der Waals surface area (Å²) in [4.78, 5) is 12.6. The predicted octanol–water partition coefficient (Wildman–Crippen LogP) is 0.946. The van der Waals surface area contributed by atoms with Gasteiger partial charge >= 0.3 is 0 Å². The molecule has 1 atom stereocenters. The van der Waals surface area contributed by atoms with Crippen molar-refractivity contribution in [3.8, 4) is 17.0 Å². The van der Waals surface area contributed by atoms with Gasteiger partial charge in [0.05, 0.1) is 42.8 Å². The van der Waals surface area contributed by atoms with Gasteiger partial charge in [0.2, 0.25) is 0 Å². The Morgan fingerprint density at radius 1 is 1.38 bits per heavy atom. The van der Waals surface area contributed by atoms with Gasteiger partial charge in [0.1, 0.15) is 5.75 Å². The second-order valence-corrected chi connectivity index (χ2v) is 6.36. The molecule has 2 aliphatic heterocycles. The maximum absolute atomic E-state index is 12.6. The Bertz CT molecular complexity index is 737. The van der Waals surface area contributed by atoms with Gasteiger partial charge in [-0.05, 0) is 24.3 Å². The molecule has 7 nitrogen and oxygen atoms in total. The summed E-state index contributed by atoms with van der Waals surface area (Å²) in [5, 5.41) is 13.2. The molecule has 1 spiro atoms. The number of H-pyrrole nitrogens is 1. The number of ether oxygens (including phenoxy) is 2. The Labute approximate surface area is 139 Å². The van der Waals surface area contributed by atoms with Gasteiger partial charge in [-0.15, -0.1) is 0 Å². The highest BCUT2D eigenvalue weighted by Crippen LogP contribution is 2.30. The van der Waals surface area contributed by atoms with Crippen molar-refractivity contribution in [1.29, 1.82) is 0 Å². The number of aromatic amines is 1. The largest absolute Gasteiger partial charge is 0.497 e. The normalized spacial score (nSPS) is 21.5. The molecule has 3 N–H and O–H groups in total. The smallest absolute Gasteiger partial charge is 0.255 e. The molecule has 1 aromatic carbocycles. The Morgan fingerprint density at radius 3 is 2.79 bits per heavy atom. The molecule has 0 bridgehead atoms. The van der Waals surface area contributed by atoms with Gasteiger partial charge in [-0.1, -0.05) is 0 Å². The van der Waals surface area contributed by atoms with Crippen LogP contribution in [0.25, 0.3) is 11.3 Å². The first-order chi connectivity index (χ1) is 11.7. The molecule has 1 unspecified atom stereocenters. The molecule has 2 saturated heterocycles. The van der Waals surface area contributed by atoms with E-state index in [4.69, 9.17) is 9.47 Å². The number of benzene rings is 1. The van der Waals surface area contributed by atoms with Crippen LogP contribution in [0.3, 0.4) is 0 Å². The molecule has 3 heterocycles. The summed E-state index contributed by atoms with van der Waals surface area (Å²) in [6, 6.07) is 7.55. The van der Waals surface area contributed by atoms with Crippen LogP contribution in [0.1, 0.15) is 16.8 Å². The van der Waals surface area contributed by atoms with Crippen molar-refractivity contribution in [2.24, 2.45) is 0 Å². The molecule has 7 heteroatoms. The summed E-state index contributed by atoms with van der Waals surface area (Å²) in [5.74, 6) is 0.638. The molecular weight excluding hydrogens is 308 g/mol. The summed E-state index contributed by atoms with van der Waals surface area (Å²) in [6.07, 6.45) is 2.41. The fourth-order valence-electron chi connectivity index (χ4n) is 3.29. The molecule has 1 amide bonds. The summed E-state index contributed by atoms with van der Waals surface area (Å²) < 4.78 is 11.0. The minimum atomic E-state index is -0.132. The summed E-state index contributed by atoms with van der Waals surface area (Å²) in [6.45, 7) is 2.29. The minimum absolute atomic E-state index is 0.0400. The summed E-state index contributed by atoms with van der Waals surface area (Å²) >= 11 is 0. The summed E-state index contributed by atoms with van der Waals surface area (Å²) in [7, 11) is 1.62. The average molecular weight is 328 g/mol. The van der Waals surface area contributed by atoms with E-state index in [1.165, 1.54) is 0 Å². The standard InChI is InChI=1S/C17H20N4O3/c1-23-13-4-2-11(3-5-13)15-14(7-19-21-15)16(22)20-12-6-17(24-8-12)9-18-10-17/h2-5,7,12,18H,6,8-10H2,1H3,(H,19,21)(H,20,22). The van der Waals surface area contributed by atoms with Gasteiger partial charge in [-0.25, -0.2) is 0 Å². The second kappa shape index (κ2) is 5.92. The Kier molecular flexibility index (Phi) is 3.74. The quantitative estimate of drug-likeness (QED) is 0.778. The van der Waals surface area contributed by atoms with E-state index in [1.807, 2.05) is 24.3 Å². The van der Waals surface area contributed by atoms with E-state index in [0.717, 1.165) is 30.8 Å². The highest BCUT2D eigenvalue weighted by atomic mass is 16.5. The van der Waals surface area contributed by atoms with Crippen LogP contribution in [0.15, 0.2) is 30.5 Å². The van der Waals surface area contributed by atoms with Crippen LogP contribution in [0.5, 0.6) is 5.75 Å². The molecule has 2 fully saturated rings. The molecular formula is C17H20N4O3. The predicted molar refractivity (Wildman–Crippen MR) is 88.0 cm³/mol. The molecule has 1 aromatic heterocycles. The fraction of sp³-hybridized carbons (Fsp3) is 0.412. The van der Waals surface area contributed by atoms with Gasteiger partial charge in [-0.2, -0.15) is 5.10 Å². The SMILES string of the molecule is COc1ccc(-c2[nH]ncc2C(=O)NC2COC3(CNC3)C2)cc1. The maximum Gasteiger partial charge on any atom is 0.255 e. The Hall–Kier alpha value is -2.38. The van der Waals surface area contributed by atoms with Crippen LogP contribution in [0.2, 0.25) is 0 Å². The Morgan fingerprint density at radius 2 is 2.17 bits per heavy atom. The van der Waals surface area contributed by atoms with E-state index >= 15 is 0 Å². The number of hydrogen-bond donors (Lipinski definition) is 3. The zero-order valence-electron chi connectivity index (χ0n) is 13.5. The third-order valence-corrected chi connectivity index (χ3v) is 4.70. The van der Waals surface area contributed by atoms with E-state index < -0.39 is 0 Å². The lowest BCUT2D eigenvalue weighted by molar-refractivity contribution is -0.0360. The fourth-order valence-corrected chi connectivity index (χ4v) is 3.29. The zero-order valence-corrected chi connectivity index (χ0v) is 13.5. The number of aromatic nitrogens is 2. The molecule has 2 aliphatic rings. The van der Waals surface area contributed by atoms with Gasteiger partial charge < -0.3 is 20.1 Å². The highest BCUT2D eigenvalue weighted by molar-refractivity contribution is 5.99. The number of hydrogen-bond acceptors (Lipinski definition) is 5. The first-order valence-corrected chi connectivity index (χ1v) is 8.02. The van der Waals surface area contributed by atoms with Crippen molar-refractivity contribution in [3.05, 3.63) is 36.0 Å². The number of amides is 1. The number of nitrogens with one attached hydrogen (secondary N) is 3. The van der Waals surface area contributed by atoms with Crippen LogP contribution in [0.4, 0.5) is 0 Å². The van der Waals surface area contributed by atoms with Crippen LogP contribution in [-0.4, -0.2) is 54.6 Å².